The van der Waals surface area contributed by atoms with E-state index in [4.69, 9.17) is 0 Å². The van der Waals surface area contributed by atoms with Gasteiger partial charge in [-0.05, 0) is 74.3 Å². The molecule has 0 atom stereocenters. The van der Waals surface area contributed by atoms with Crippen molar-refractivity contribution >= 4 is 33.4 Å². The summed E-state index contributed by atoms with van der Waals surface area (Å²) in [4.78, 5) is 12.9. The molecule has 0 aliphatic heterocycles. The Morgan fingerprint density at radius 1 is 1.03 bits per heavy atom. The summed E-state index contributed by atoms with van der Waals surface area (Å²) >= 11 is 2.01. The Labute approximate surface area is 197 Å². The molecule has 5 nitrogen and oxygen atoms in total. The molecular weight excluding hydrogens is 440 g/mol. The smallest absolute Gasteiger partial charge is 0.264 e. The zero-order chi connectivity index (χ0) is 23.0. The second kappa shape index (κ2) is 11.8. The van der Waals surface area contributed by atoms with Crippen molar-refractivity contribution in [2.24, 2.45) is 0 Å². The van der Waals surface area contributed by atoms with Crippen LogP contribution in [0.1, 0.15) is 49.7 Å². The van der Waals surface area contributed by atoms with Gasteiger partial charge in [-0.1, -0.05) is 43.5 Å². The molecule has 2 aromatic rings. The maximum atomic E-state index is 13.4. The van der Waals surface area contributed by atoms with E-state index < -0.39 is 10.0 Å². The minimum atomic E-state index is -3.86. The Morgan fingerprint density at radius 2 is 1.69 bits per heavy atom. The van der Waals surface area contributed by atoms with E-state index in [9.17, 15) is 13.2 Å². The van der Waals surface area contributed by atoms with Gasteiger partial charge in [0, 0.05) is 11.8 Å². The molecule has 32 heavy (non-hydrogen) atoms. The number of nitrogens with one attached hydrogen (secondary N) is 1. The van der Waals surface area contributed by atoms with Crippen LogP contribution in [0.15, 0.2) is 53.4 Å². The first-order chi connectivity index (χ1) is 15.4. The molecule has 174 valence electrons. The van der Waals surface area contributed by atoms with Gasteiger partial charge in [0.05, 0.1) is 10.6 Å². The lowest BCUT2D eigenvalue weighted by molar-refractivity contribution is -0.119. The van der Waals surface area contributed by atoms with Crippen molar-refractivity contribution in [1.82, 2.24) is 5.32 Å². The zero-order valence-corrected chi connectivity index (χ0v) is 20.7. The number of aryl methyl sites for hydroxylation is 2. The standard InChI is InChI=1S/C25H34N2O3S2/c1-20-16-21(2)18-22(17-20)27(32(29,30)24-12-7-4-8-13-24)19-25(28)26-14-9-15-31-23-10-5-3-6-11-23/h4,7-8,12-13,16-18,23H,3,5-6,9-11,14-15,19H2,1-2H3,(H,26,28). The first-order valence-corrected chi connectivity index (χ1v) is 13.9. The maximum Gasteiger partial charge on any atom is 0.264 e. The largest absolute Gasteiger partial charge is 0.354 e. The van der Waals surface area contributed by atoms with Crippen LogP contribution < -0.4 is 9.62 Å². The zero-order valence-electron chi connectivity index (χ0n) is 19.0. The van der Waals surface area contributed by atoms with Gasteiger partial charge >= 0.3 is 0 Å². The summed E-state index contributed by atoms with van der Waals surface area (Å²) in [7, 11) is -3.86. The molecule has 3 rings (SSSR count). The number of anilines is 1. The van der Waals surface area contributed by atoms with Crippen LogP contribution in [0, 0.1) is 13.8 Å². The fourth-order valence-electron chi connectivity index (χ4n) is 4.10. The van der Waals surface area contributed by atoms with Gasteiger partial charge in [0.1, 0.15) is 6.54 Å². The highest BCUT2D eigenvalue weighted by molar-refractivity contribution is 7.99. The molecule has 1 amide bonds. The summed E-state index contributed by atoms with van der Waals surface area (Å²) < 4.78 is 28.0. The molecule has 0 bridgehead atoms. The van der Waals surface area contributed by atoms with E-state index in [2.05, 4.69) is 5.32 Å². The van der Waals surface area contributed by atoms with E-state index in [1.54, 1.807) is 30.3 Å². The molecule has 1 N–H and O–H groups in total. The Balaban J connectivity index is 1.64. The summed E-state index contributed by atoms with van der Waals surface area (Å²) in [6, 6.07) is 13.9. The average molecular weight is 475 g/mol. The Hall–Kier alpha value is -1.99. The van der Waals surface area contributed by atoms with E-state index in [1.807, 2.05) is 43.8 Å². The summed E-state index contributed by atoms with van der Waals surface area (Å²) in [6.45, 7) is 4.17. The fourth-order valence-corrected chi connectivity index (χ4v) is 6.83. The number of carbonyl (C=O) groups is 1. The lowest BCUT2D eigenvalue weighted by Crippen LogP contribution is -2.41. The van der Waals surface area contributed by atoms with E-state index in [-0.39, 0.29) is 17.3 Å². The first-order valence-electron chi connectivity index (χ1n) is 11.4. The predicted octanol–water partition coefficient (Wildman–Crippen LogP) is 5.07. The molecule has 0 radical (unpaired) electrons. The van der Waals surface area contributed by atoms with Crippen LogP contribution in [0.25, 0.3) is 0 Å². The number of rotatable bonds is 10. The lowest BCUT2D eigenvalue weighted by atomic mass is 10.0. The minimum Gasteiger partial charge on any atom is -0.354 e. The van der Waals surface area contributed by atoms with Crippen LogP contribution in [0.3, 0.4) is 0 Å². The van der Waals surface area contributed by atoms with Gasteiger partial charge in [0.2, 0.25) is 5.91 Å². The summed E-state index contributed by atoms with van der Waals surface area (Å²) in [5.74, 6) is 0.736. The van der Waals surface area contributed by atoms with Crippen molar-refractivity contribution in [2.75, 3.05) is 23.1 Å². The summed E-state index contributed by atoms with van der Waals surface area (Å²) in [5, 5.41) is 3.67. The molecule has 2 aromatic carbocycles. The normalized spacial score (nSPS) is 14.8. The third-order valence-electron chi connectivity index (χ3n) is 5.66. The summed E-state index contributed by atoms with van der Waals surface area (Å²) in [6.07, 6.45) is 7.52. The highest BCUT2D eigenvalue weighted by Crippen LogP contribution is 2.28. The topological polar surface area (TPSA) is 66.5 Å². The number of carbonyl (C=O) groups excluding carboxylic acids is 1. The maximum absolute atomic E-state index is 13.4. The van der Waals surface area contributed by atoms with Crippen LogP contribution in [0.5, 0.6) is 0 Å². The molecule has 0 spiro atoms. The van der Waals surface area contributed by atoms with Gasteiger partial charge in [0.25, 0.3) is 10.0 Å². The van der Waals surface area contributed by atoms with E-state index in [0.29, 0.717) is 12.2 Å². The third-order valence-corrected chi connectivity index (χ3v) is 8.92. The molecule has 0 unspecified atom stereocenters. The van der Waals surface area contributed by atoms with E-state index in [1.165, 1.54) is 36.4 Å². The number of nitrogens with zero attached hydrogens (tertiary/aromatic N) is 1. The van der Waals surface area contributed by atoms with Gasteiger partial charge in [-0.2, -0.15) is 11.8 Å². The van der Waals surface area contributed by atoms with Gasteiger partial charge in [0.15, 0.2) is 0 Å². The van der Waals surface area contributed by atoms with Crippen molar-refractivity contribution in [3.63, 3.8) is 0 Å². The number of hydrogen-bond donors (Lipinski definition) is 1. The van der Waals surface area contributed by atoms with Gasteiger partial charge in [-0.15, -0.1) is 0 Å². The number of thioether (sulfide) groups is 1. The fraction of sp³-hybridized carbons (Fsp3) is 0.480. The van der Waals surface area contributed by atoms with Crippen molar-refractivity contribution in [2.45, 2.75) is 62.5 Å². The molecule has 1 fully saturated rings. The third kappa shape index (κ3) is 7.01. The number of hydrogen-bond acceptors (Lipinski definition) is 4. The molecule has 0 aromatic heterocycles. The Morgan fingerprint density at radius 3 is 2.34 bits per heavy atom. The SMILES string of the molecule is Cc1cc(C)cc(N(CC(=O)NCCCSC2CCCCC2)S(=O)(=O)c2ccccc2)c1. The highest BCUT2D eigenvalue weighted by Gasteiger charge is 2.27. The molecule has 1 aliphatic carbocycles. The van der Waals surface area contributed by atoms with Crippen LogP contribution in [0.4, 0.5) is 5.69 Å². The van der Waals surface area contributed by atoms with E-state index in [0.717, 1.165) is 28.6 Å². The first kappa shape index (κ1) is 24.6. The molecule has 0 heterocycles. The average Bonchev–Trinajstić information content (AvgIpc) is 2.78. The van der Waals surface area contributed by atoms with Gasteiger partial charge < -0.3 is 5.32 Å². The number of amides is 1. The van der Waals surface area contributed by atoms with Crippen molar-refractivity contribution < 1.29 is 13.2 Å². The van der Waals surface area contributed by atoms with Crippen molar-refractivity contribution in [3.8, 4) is 0 Å². The molecule has 7 heteroatoms. The lowest BCUT2D eigenvalue weighted by Gasteiger charge is -2.25. The molecule has 1 aliphatic rings. The second-order valence-corrected chi connectivity index (χ2v) is 11.8. The van der Waals surface area contributed by atoms with Crippen LogP contribution in [-0.2, 0) is 14.8 Å². The van der Waals surface area contributed by atoms with Gasteiger partial charge in [-0.3, -0.25) is 9.10 Å². The second-order valence-electron chi connectivity index (χ2n) is 8.50. The van der Waals surface area contributed by atoms with Gasteiger partial charge in [-0.25, -0.2) is 8.42 Å². The highest BCUT2D eigenvalue weighted by atomic mass is 32.2. The Kier molecular flexibility index (Phi) is 9.05. The molecule has 0 saturated heterocycles. The summed E-state index contributed by atoms with van der Waals surface area (Å²) in [5.41, 5.74) is 2.41. The van der Waals surface area contributed by atoms with Crippen molar-refractivity contribution in [3.05, 3.63) is 59.7 Å². The monoisotopic (exact) mass is 474 g/mol. The van der Waals surface area contributed by atoms with Crippen molar-refractivity contribution in [1.29, 1.82) is 0 Å². The predicted molar refractivity (Wildman–Crippen MR) is 134 cm³/mol. The van der Waals surface area contributed by atoms with Crippen LogP contribution >= 0.6 is 11.8 Å². The molecule has 1 saturated carbocycles. The minimum absolute atomic E-state index is 0.177. The number of benzene rings is 2. The quantitative estimate of drug-likeness (QED) is 0.488. The van der Waals surface area contributed by atoms with Crippen LogP contribution in [-0.4, -0.2) is 38.4 Å². The Bertz CT molecular complexity index is 967. The van der Waals surface area contributed by atoms with Crippen LogP contribution in [0.2, 0.25) is 0 Å². The number of sulfonamides is 1. The van der Waals surface area contributed by atoms with E-state index >= 15 is 0 Å². The molecular formula is C25H34N2O3S2.